The van der Waals surface area contributed by atoms with Crippen LogP contribution in [0, 0.1) is 0 Å². The maximum absolute atomic E-state index is 12.9. The minimum absolute atomic E-state index is 0.0786. The molecule has 0 bridgehead atoms. The summed E-state index contributed by atoms with van der Waals surface area (Å²) in [5.74, 6) is -0.878. The van der Waals surface area contributed by atoms with Gasteiger partial charge >= 0.3 is 17.9 Å². The highest BCUT2D eigenvalue weighted by Gasteiger charge is 2.19. The van der Waals surface area contributed by atoms with Gasteiger partial charge in [0.1, 0.15) is 13.2 Å². The van der Waals surface area contributed by atoms with Crippen molar-refractivity contribution >= 4 is 17.9 Å². The Labute approximate surface area is 484 Å². The predicted molar refractivity (Wildman–Crippen MR) is 339 cm³/mol. The molecule has 0 saturated carbocycles. The molecule has 0 radical (unpaired) electrons. The van der Waals surface area contributed by atoms with Gasteiger partial charge < -0.3 is 14.2 Å². The lowest BCUT2D eigenvalue weighted by atomic mass is 10.0. The van der Waals surface area contributed by atoms with E-state index in [9.17, 15) is 14.4 Å². The van der Waals surface area contributed by atoms with E-state index in [1.165, 1.54) is 186 Å². The molecule has 6 heteroatoms. The van der Waals surface area contributed by atoms with Crippen LogP contribution < -0.4 is 0 Å². The Morgan fingerprint density at radius 1 is 0.269 bits per heavy atom. The highest BCUT2D eigenvalue weighted by Crippen LogP contribution is 2.17. The molecule has 0 aromatic rings. The summed E-state index contributed by atoms with van der Waals surface area (Å²) in [7, 11) is 0. The number of esters is 3. The van der Waals surface area contributed by atoms with Crippen molar-refractivity contribution in [2.45, 2.75) is 341 Å². The lowest BCUT2D eigenvalue weighted by Crippen LogP contribution is -2.30. The van der Waals surface area contributed by atoms with E-state index in [2.05, 4.69) is 106 Å². The van der Waals surface area contributed by atoms with Crippen LogP contribution in [-0.2, 0) is 28.6 Å². The molecular weight excluding hydrogens is 961 g/mol. The summed E-state index contributed by atoms with van der Waals surface area (Å²) < 4.78 is 17.0. The first-order valence-corrected chi connectivity index (χ1v) is 33.6. The molecule has 0 fully saturated rings. The number of hydrogen-bond acceptors (Lipinski definition) is 6. The van der Waals surface area contributed by atoms with Crippen LogP contribution in [0.4, 0.5) is 0 Å². The molecule has 1 unspecified atom stereocenters. The van der Waals surface area contributed by atoms with Crippen molar-refractivity contribution in [2.24, 2.45) is 0 Å². The molecule has 0 aliphatic heterocycles. The number of carbonyl (C=O) groups is 3. The Morgan fingerprint density at radius 2 is 0.500 bits per heavy atom. The summed E-state index contributed by atoms with van der Waals surface area (Å²) in [6, 6.07) is 0. The zero-order valence-electron chi connectivity index (χ0n) is 51.7. The molecule has 0 N–H and O–H groups in total. The Kier molecular flexibility index (Phi) is 63.2. The van der Waals surface area contributed by atoms with Gasteiger partial charge in [0.25, 0.3) is 0 Å². The fraction of sp³-hybridized carbons (Fsp3) is 0.764. The molecule has 0 aliphatic carbocycles. The average molecular weight is 1090 g/mol. The molecule has 0 amide bonds. The maximum atomic E-state index is 12.9. The first-order valence-electron chi connectivity index (χ1n) is 33.6. The summed E-state index contributed by atoms with van der Waals surface area (Å²) in [6.45, 7) is 6.56. The highest BCUT2D eigenvalue weighted by atomic mass is 16.6. The summed E-state index contributed by atoms with van der Waals surface area (Å²) in [5, 5.41) is 0. The van der Waals surface area contributed by atoms with Crippen LogP contribution in [-0.4, -0.2) is 37.2 Å². The number of allylic oxidation sites excluding steroid dienone is 14. The van der Waals surface area contributed by atoms with Crippen molar-refractivity contribution in [2.75, 3.05) is 13.2 Å². The molecule has 78 heavy (non-hydrogen) atoms. The zero-order valence-corrected chi connectivity index (χ0v) is 51.7. The van der Waals surface area contributed by atoms with Gasteiger partial charge in [0.05, 0.1) is 0 Å². The van der Waals surface area contributed by atoms with Crippen LogP contribution >= 0.6 is 0 Å². The summed E-state index contributed by atoms with van der Waals surface area (Å²) in [4.78, 5) is 38.4. The minimum Gasteiger partial charge on any atom is -0.462 e. The molecule has 0 spiro atoms. The molecule has 0 rings (SSSR count). The number of ether oxygens (including phenoxy) is 3. The normalized spacial score (nSPS) is 12.6. The molecule has 6 nitrogen and oxygen atoms in total. The van der Waals surface area contributed by atoms with E-state index >= 15 is 0 Å². The summed E-state index contributed by atoms with van der Waals surface area (Å²) >= 11 is 0. The van der Waals surface area contributed by atoms with Crippen molar-refractivity contribution in [1.82, 2.24) is 0 Å². The van der Waals surface area contributed by atoms with Gasteiger partial charge in [0, 0.05) is 19.3 Å². The van der Waals surface area contributed by atoms with E-state index in [1.807, 2.05) is 0 Å². The van der Waals surface area contributed by atoms with Crippen LogP contribution in [0.15, 0.2) is 85.1 Å². The summed E-state index contributed by atoms with van der Waals surface area (Å²) in [6.07, 6.45) is 87.3. The SMILES string of the molecule is CC/C=C\C/C=C\C/C=C\C/C=C\C/C=C\C/C=C\CCCCCCCCC(=O)OCC(COC(=O)CCCCCCCCCCCCCCCCCC)OC(=O)CCCCCCCCCCC/C=C\CCCCCCCC. The van der Waals surface area contributed by atoms with Gasteiger partial charge in [-0.2, -0.15) is 0 Å². The van der Waals surface area contributed by atoms with E-state index in [4.69, 9.17) is 14.2 Å². The molecular formula is C72H126O6. The second-order valence-corrected chi connectivity index (χ2v) is 22.4. The van der Waals surface area contributed by atoms with Gasteiger partial charge in [-0.3, -0.25) is 14.4 Å². The second-order valence-electron chi connectivity index (χ2n) is 22.4. The number of rotatable bonds is 61. The molecule has 0 aromatic heterocycles. The third-order valence-corrected chi connectivity index (χ3v) is 14.6. The van der Waals surface area contributed by atoms with Gasteiger partial charge in [-0.15, -0.1) is 0 Å². The maximum Gasteiger partial charge on any atom is 0.306 e. The second kappa shape index (κ2) is 66.1. The van der Waals surface area contributed by atoms with E-state index in [0.717, 1.165) is 109 Å². The van der Waals surface area contributed by atoms with Gasteiger partial charge in [0.15, 0.2) is 6.10 Å². The zero-order chi connectivity index (χ0) is 56.4. The minimum atomic E-state index is -0.784. The Hall–Kier alpha value is -3.41. The molecule has 450 valence electrons. The Balaban J connectivity index is 4.38. The topological polar surface area (TPSA) is 78.9 Å². The van der Waals surface area contributed by atoms with Crippen molar-refractivity contribution < 1.29 is 28.6 Å². The molecule has 0 aliphatic rings. The van der Waals surface area contributed by atoms with E-state index < -0.39 is 6.10 Å². The van der Waals surface area contributed by atoms with Crippen molar-refractivity contribution in [1.29, 1.82) is 0 Å². The number of unbranched alkanes of at least 4 members (excludes halogenated alkanes) is 36. The quantitative estimate of drug-likeness (QED) is 0.0261. The lowest BCUT2D eigenvalue weighted by Gasteiger charge is -2.18. The van der Waals surface area contributed by atoms with Crippen LogP contribution in [0.5, 0.6) is 0 Å². The summed E-state index contributed by atoms with van der Waals surface area (Å²) in [5.41, 5.74) is 0. The number of hydrogen-bond donors (Lipinski definition) is 0. The largest absolute Gasteiger partial charge is 0.462 e. The van der Waals surface area contributed by atoms with Crippen LogP contribution in [0.25, 0.3) is 0 Å². The Bertz CT molecular complexity index is 1480. The fourth-order valence-corrected chi connectivity index (χ4v) is 9.62. The van der Waals surface area contributed by atoms with Crippen molar-refractivity contribution in [3.05, 3.63) is 85.1 Å². The highest BCUT2D eigenvalue weighted by molar-refractivity contribution is 5.71. The van der Waals surface area contributed by atoms with Gasteiger partial charge in [-0.05, 0) is 96.3 Å². The van der Waals surface area contributed by atoms with Gasteiger partial charge in [-0.1, -0.05) is 305 Å². The van der Waals surface area contributed by atoms with Crippen molar-refractivity contribution in [3.8, 4) is 0 Å². The third kappa shape index (κ3) is 63.4. The lowest BCUT2D eigenvalue weighted by molar-refractivity contribution is -0.167. The van der Waals surface area contributed by atoms with E-state index in [1.54, 1.807) is 0 Å². The van der Waals surface area contributed by atoms with Gasteiger partial charge in [0.2, 0.25) is 0 Å². The first kappa shape index (κ1) is 74.6. The Morgan fingerprint density at radius 3 is 0.795 bits per heavy atom. The van der Waals surface area contributed by atoms with Gasteiger partial charge in [-0.25, -0.2) is 0 Å². The monoisotopic (exact) mass is 1090 g/mol. The van der Waals surface area contributed by atoms with E-state index in [-0.39, 0.29) is 31.1 Å². The van der Waals surface area contributed by atoms with E-state index in [0.29, 0.717) is 19.3 Å². The molecule has 0 saturated heterocycles. The molecule has 1 atom stereocenters. The standard InChI is InChI=1S/C72H126O6/c1-4-7-10-13-16-19-22-25-28-31-33-34-35-36-37-38-40-41-44-47-50-53-56-59-62-65-71(74)77-68-69(67-76-70(73)64-61-58-55-52-49-46-43-30-27-24-21-18-15-12-9-6-3)78-72(75)66-63-60-57-54-51-48-45-42-39-32-29-26-23-20-17-14-11-8-5-2/h7,10,16,19,25-26,28-29,33-34,36-37,40-41,69H,4-6,8-9,11-15,17-18,20-24,27,30-32,35,38-39,42-68H2,1-3H3/b10-7-,19-16-,28-25-,29-26-,34-33-,37-36-,41-40-. The molecule has 0 aromatic carbocycles. The average Bonchev–Trinajstić information content (AvgIpc) is 3.44. The van der Waals surface area contributed by atoms with Crippen LogP contribution in [0.1, 0.15) is 335 Å². The number of carbonyl (C=O) groups excluding carboxylic acids is 3. The smallest absolute Gasteiger partial charge is 0.306 e. The predicted octanol–water partition coefficient (Wildman–Crippen LogP) is 23.1. The third-order valence-electron chi connectivity index (χ3n) is 14.6. The first-order chi connectivity index (χ1) is 38.5. The fourth-order valence-electron chi connectivity index (χ4n) is 9.62. The molecule has 0 heterocycles. The van der Waals surface area contributed by atoms with Crippen molar-refractivity contribution in [3.63, 3.8) is 0 Å². The van der Waals surface area contributed by atoms with Crippen LogP contribution in [0.3, 0.4) is 0 Å². The van der Waals surface area contributed by atoms with Crippen LogP contribution in [0.2, 0.25) is 0 Å².